The van der Waals surface area contributed by atoms with Crippen molar-refractivity contribution in [2.75, 3.05) is 5.32 Å². The number of nitrogens with one attached hydrogen (secondary N) is 1. The molecule has 1 aliphatic heterocycles. The first-order valence-corrected chi connectivity index (χ1v) is 9.73. The van der Waals surface area contributed by atoms with E-state index in [-0.39, 0.29) is 17.6 Å². The molecule has 2 N–H and O–H groups in total. The Morgan fingerprint density at radius 3 is 2.23 bits per heavy atom. The highest BCUT2D eigenvalue weighted by Gasteiger charge is 2.33. The third kappa shape index (κ3) is 4.40. The molecule has 3 aromatic rings. The standard InChI is InChI=1S/C24H21N3O4/c1-15-3-5-17(6-4-15)22(30)25-20-11-7-18(8-12-20)23-26-27(16(2)28)24(31-23)19-9-13-21(29)14-10-19/h3-14,24,29H,1-2H3,(H,25,30). The summed E-state index contributed by atoms with van der Waals surface area (Å²) >= 11 is 0. The average molecular weight is 415 g/mol. The number of benzene rings is 3. The predicted molar refractivity (Wildman–Crippen MR) is 117 cm³/mol. The van der Waals surface area contributed by atoms with Crippen molar-refractivity contribution in [2.45, 2.75) is 20.1 Å². The maximum Gasteiger partial charge on any atom is 0.255 e. The van der Waals surface area contributed by atoms with E-state index >= 15 is 0 Å². The number of phenols is 1. The summed E-state index contributed by atoms with van der Waals surface area (Å²) in [6.07, 6.45) is -0.714. The van der Waals surface area contributed by atoms with Crippen molar-refractivity contribution in [3.63, 3.8) is 0 Å². The van der Waals surface area contributed by atoms with Crippen LogP contribution in [0.5, 0.6) is 5.75 Å². The van der Waals surface area contributed by atoms with Crippen LogP contribution < -0.4 is 5.32 Å². The number of rotatable bonds is 4. The lowest BCUT2D eigenvalue weighted by Crippen LogP contribution is -2.25. The minimum absolute atomic E-state index is 0.125. The van der Waals surface area contributed by atoms with Gasteiger partial charge >= 0.3 is 0 Å². The number of aromatic hydroxyl groups is 1. The zero-order valence-electron chi connectivity index (χ0n) is 17.1. The molecule has 4 rings (SSSR count). The maximum absolute atomic E-state index is 12.4. The highest BCUT2D eigenvalue weighted by atomic mass is 16.5. The number of hydrogen-bond acceptors (Lipinski definition) is 5. The van der Waals surface area contributed by atoms with E-state index in [1.165, 1.54) is 24.1 Å². The fourth-order valence-corrected chi connectivity index (χ4v) is 3.14. The molecule has 0 aromatic heterocycles. The van der Waals surface area contributed by atoms with Crippen LogP contribution in [0.25, 0.3) is 0 Å². The SMILES string of the molecule is CC(=O)N1N=C(c2ccc(NC(=O)c3ccc(C)cc3)cc2)OC1c1ccc(O)cc1. The van der Waals surface area contributed by atoms with Crippen LogP contribution in [0.15, 0.2) is 77.9 Å². The van der Waals surface area contributed by atoms with Crippen LogP contribution in [0.3, 0.4) is 0 Å². The smallest absolute Gasteiger partial charge is 0.255 e. The average Bonchev–Trinajstić information content (AvgIpc) is 3.21. The molecule has 1 aliphatic rings. The molecule has 1 unspecified atom stereocenters. The number of carbonyl (C=O) groups excluding carboxylic acids is 2. The topological polar surface area (TPSA) is 91.2 Å². The third-order valence-corrected chi connectivity index (χ3v) is 4.85. The van der Waals surface area contributed by atoms with Gasteiger partial charge in [0.05, 0.1) is 0 Å². The fraction of sp³-hybridized carbons (Fsp3) is 0.125. The number of hydrogen-bond donors (Lipinski definition) is 2. The number of ether oxygens (including phenoxy) is 1. The molecule has 0 radical (unpaired) electrons. The first kappa shape index (κ1) is 20.2. The molecule has 156 valence electrons. The Morgan fingerprint density at radius 1 is 0.968 bits per heavy atom. The number of nitrogens with zero attached hydrogens (tertiary/aromatic N) is 2. The second kappa shape index (κ2) is 8.31. The van der Waals surface area contributed by atoms with E-state index in [1.807, 2.05) is 19.1 Å². The van der Waals surface area contributed by atoms with Crippen molar-refractivity contribution < 1.29 is 19.4 Å². The molecule has 0 bridgehead atoms. The Bertz CT molecular complexity index is 1140. The van der Waals surface area contributed by atoms with E-state index in [0.717, 1.165) is 5.56 Å². The van der Waals surface area contributed by atoms with Gasteiger partial charge in [0.15, 0.2) is 0 Å². The van der Waals surface area contributed by atoms with E-state index in [9.17, 15) is 14.7 Å². The lowest BCUT2D eigenvalue weighted by molar-refractivity contribution is -0.135. The van der Waals surface area contributed by atoms with Gasteiger partial charge < -0.3 is 15.2 Å². The molecule has 0 saturated heterocycles. The Morgan fingerprint density at radius 2 is 1.61 bits per heavy atom. The van der Waals surface area contributed by atoms with Crippen LogP contribution in [-0.4, -0.2) is 27.8 Å². The summed E-state index contributed by atoms with van der Waals surface area (Å²) in [4.78, 5) is 24.4. The van der Waals surface area contributed by atoms with Crippen LogP contribution in [-0.2, 0) is 9.53 Å². The van der Waals surface area contributed by atoms with Gasteiger partial charge in [-0.05, 0) is 67.6 Å². The summed E-state index contributed by atoms with van der Waals surface area (Å²) in [7, 11) is 0. The molecule has 0 aliphatic carbocycles. The molecule has 7 heteroatoms. The van der Waals surface area contributed by atoms with Crippen LogP contribution in [0.4, 0.5) is 5.69 Å². The molecule has 1 heterocycles. The van der Waals surface area contributed by atoms with Crippen molar-refractivity contribution in [2.24, 2.45) is 5.10 Å². The second-order valence-electron chi connectivity index (χ2n) is 7.23. The number of amides is 2. The molecule has 31 heavy (non-hydrogen) atoms. The van der Waals surface area contributed by atoms with Crippen molar-refractivity contribution in [1.29, 1.82) is 0 Å². The van der Waals surface area contributed by atoms with E-state index in [2.05, 4.69) is 10.4 Å². The highest BCUT2D eigenvalue weighted by Crippen LogP contribution is 2.31. The van der Waals surface area contributed by atoms with Gasteiger partial charge in [-0.3, -0.25) is 9.59 Å². The van der Waals surface area contributed by atoms with Crippen molar-refractivity contribution in [1.82, 2.24) is 5.01 Å². The summed E-state index contributed by atoms with van der Waals surface area (Å²) in [6.45, 7) is 3.38. The van der Waals surface area contributed by atoms with Gasteiger partial charge in [0.1, 0.15) is 5.75 Å². The van der Waals surface area contributed by atoms with Crippen LogP contribution >= 0.6 is 0 Å². The number of anilines is 1. The van der Waals surface area contributed by atoms with Gasteiger partial charge in [0.2, 0.25) is 18.0 Å². The van der Waals surface area contributed by atoms with Gasteiger partial charge in [0.25, 0.3) is 5.91 Å². The lowest BCUT2D eigenvalue weighted by Gasteiger charge is -2.19. The Kier molecular flexibility index (Phi) is 5.41. The molecule has 0 fully saturated rings. The number of phenolic OH excluding ortho intramolecular Hbond substituents is 1. The normalized spacial score (nSPS) is 15.2. The van der Waals surface area contributed by atoms with Gasteiger partial charge in [-0.25, -0.2) is 0 Å². The Labute approximate surface area is 179 Å². The van der Waals surface area contributed by atoms with Crippen molar-refractivity contribution >= 4 is 23.4 Å². The highest BCUT2D eigenvalue weighted by molar-refractivity contribution is 6.04. The summed E-state index contributed by atoms with van der Waals surface area (Å²) in [5, 5.41) is 17.9. The number of aryl methyl sites for hydroxylation is 1. The van der Waals surface area contributed by atoms with E-state index in [0.29, 0.717) is 28.3 Å². The summed E-state index contributed by atoms with van der Waals surface area (Å²) < 4.78 is 5.93. The largest absolute Gasteiger partial charge is 0.508 e. The summed E-state index contributed by atoms with van der Waals surface area (Å²) in [6, 6.07) is 20.8. The van der Waals surface area contributed by atoms with Gasteiger partial charge in [-0.15, -0.1) is 5.10 Å². The Hall–Kier alpha value is -4.13. The number of carbonyl (C=O) groups is 2. The lowest BCUT2D eigenvalue weighted by atomic mass is 10.1. The van der Waals surface area contributed by atoms with Crippen LogP contribution in [0.2, 0.25) is 0 Å². The predicted octanol–water partition coefficient (Wildman–Crippen LogP) is 4.19. The third-order valence-electron chi connectivity index (χ3n) is 4.85. The number of hydrazone groups is 1. The van der Waals surface area contributed by atoms with Gasteiger partial charge in [-0.2, -0.15) is 5.01 Å². The maximum atomic E-state index is 12.4. The minimum atomic E-state index is -0.714. The fourth-order valence-electron chi connectivity index (χ4n) is 3.14. The molecule has 3 aromatic carbocycles. The van der Waals surface area contributed by atoms with Crippen molar-refractivity contribution in [3.8, 4) is 5.75 Å². The van der Waals surface area contributed by atoms with Crippen LogP contribution in [0, 0.1) is 6.92 Å². The first-order valence-electron chi connectivity index (χ1n) is 9.73. The molecule has 0 spiro atoms. The summed E-state index contributed by atoms with van der Waals surface area (Å²) in [5.41, 5.74) is 3.65. The van der Waals surface area contributed by atoms with Crippen LogP contribution in [0.1, 0.15) is 40.2 Å². The minimum Gasteiger partial charge on any atom is -0.508 e. The molecule has 2 amide bonds. The molecule has 0 saturated carbocycles. The Balaban J connectivity index is 1.49. The van der Waals surface area contributed by atoms with E-state index in [4.69, 9.17) is 4.74 Å². The van der Waals surface area contributed by atoms with Gasteiger partial charge in [-0.1, -0.05) is 17.7 Å². The second-order valence-corrected chi connectivity index (χ2v) is 7.23. The van der Waals surface area contributed by atoms with Crippen molar-refractivity contribution in [3.05, 3.63) is 95.1 Å². The van der Waals surface area contributed by atoms with E-state index in [1.54, 1.807) is 48.5 Å². The zero-order valence-corrected chi connectivity index (χ0v) is 17.1. The first-order chi connectivity index (χ1) is 14.9. The quantitative estimate of drug-likeness (QED) is 0.668. The zero-order chi connectivity index (χ0) is 22.0. The monoisotopic (exact) mass is 415 g/mol. The van der Waals surface area contributed by atoms with E-state index < -0.39 is 6.23 Å². The molecular formula is C24H21N3O4. The van der Waals surface area contributed by atoms with Gasteiger partial charge in [0, 0.05) is 29.3 Å². The molecule has 7 nitrogen and oxygen atoms in total. The summed E-state index contributed by atoms with van der Waals surface area (Å²) in [5.74, 6) is -0.0439. The molecule has 1 atom stereocenters. The molecular weight excluding hydrogens is 394 g/mol.